The summed E-state index contributed by atoms with van der Waals surface area (Å²) in [5, 5.41) is 2.99. The number of rotatable bonds is 5. The summed E-state index contributed by atoms with van der Waals surface area (Å²) in [4.78, 5) is 24.2. The Hall–Kier alpha value is -2.62. The van der Waals surface area contributed by atoms with Crippen molar-refractivity contribution in [1.29, 1.82) is 0 Å². The van der Waals surface area contributed by atoms with Crippen LogP contribution in [0.5, 0.6) is 0 Å². The van der Waals surface area contributed by atoms with Crippen LogP contribution in [0.1, 0.15) is 43.0 Å². The molecule has 0 aliphatic heterocycles. The molecular weight excluding hydrogens is 326 g/mol. The van der Waals surface area contributed by atoms with Gasteiger partial charge in [-0.15, -0.1) is 0 Å². The highest BCUT2D eigenvalue weighted by atomic mass is 16.5. The van der Waals surface area contributed by atoms with Crippen LogP contribution in [0.25, 0.3) is 11.1 Å². The molecular formula is C22H25NO3. The van der Waals surface area contributed by atoms with Crippen LogP contribution in [0.2, 0.25) is 0 Å². The van der Waals surface area contributed by atoms with E-state index >= 15 is 0 Å². The molecule has 2 aromatic rings. The third-order valence-corrected chi connectivity index (χ3v) is 5.02. The first-order valence-electron chi connectivity index (χ1n) is 9.25. The zero-order chi connectivity index (χ0) is 18.4. The third kappa shape index (κ3) is 4.72. The van der Waals surface area contributed by atoms with Gasteiger partial charge < -0.3 is 10.1 Å². The second-order valence-electron chi connectivity index (χ2n) is 6.96. The van der Waals surface area contributed by atoms with Crippen LogP contribution in [-0.4, -0.2) is 24.5 Å². The number of ether oxygens (including phenoxy) is 1. The molecule has 3 rings (SSSR count). The van der Waals surface area contributed by atoms with Crippen LogP contribution < -0.4 is 5.32 Å². The number of hydrogen-bond donors (Lipinski definition) is 1. The lowest BCUT2D eigenvalue weighted by molar-refractivity contribution is -0.125. The van der Waals surface area contributed by atoms with Gasteiger partial charge in [-0.3, -0.25) is 4.79 Å². The smallest absolute Gasteiger partial charge is 0.338 e. The van der Waals surface area contributed by atoms with E-state index in [0.29, 0.717) is 11.5 Å². The van der Waals surface area contributed by atoms with Crippen LogP contribution in [-0.2, 0) is 9.53 Å². The van der Waals surface area contributed by atoms with Gasteiger partial charge in [0.05, 0.1) is 5.56 Å². The monoisotopic (exact) mass is 351 g/mol. The topological polar surface area (TPSA) is 55.4 Å². The van der Waals surface area contributed by atoms with E-state index in [9.17, 15) is 9.59 Å². The highest BCUT2D eigenvalue weighted by Crippen LogP contribution is 2.23. The Morgan fingerprint density at radius 2 is 1.62 bits per heavy atom. The van der Waals surface area contributed by atoms with Gasteiger partial charge in [-0.05, 0) is 42.0 Å². The molecule has 2 aromatic carbocycles. The van der Waals surface area contributed by atoms with Crippen LogP contribution in [0, 0.1) is 5.92 Å². The maximum Gasteiger partial charge on any atom is 0.338 e. The van der Waals surface area contributed by atoms with Crippen molar-refractivity contribution in [2.24, 2.45) is 5.92 Å². The third-order valence-electron chi connectivity index (χ3n) is 5.02. The second kappa shape index (κ2) is 8.65. The van der Waals surface area contributed by atoms with Crippen LogP contribution in [0.4, 0.5) is 0 Å². The van der Waals surface area contributed by atoms with Crippen molar-refractivity contribution in [3.8, 4) is 11.1 Å². The van der Waals surface area contributed by atoms with E-state index in [1.54, 1.807) is 12.1 Å². The molecule has 4 nitrogen and oxygen atoms in total. The predicted octanol–water partition coefficient (Wildman–Crippen LogP) is 4.21. The summed E-state index contributed by atoms with van der Waals surface area (Å²) in [6, 6.07) is 17.4. The van der Waals surface area contributed by atoms with Gasteiger partial charge in [0.15, 0.2) is 6.61 Å². The summed E-state index contributed by atoms with van der Waals surface area (Å²) >= 11 is 0. The van der Waals surface area contributed by atoms with Crippen molar-refractivity contribution in [3.63, 3.8) is 0 Å². The number of hydrogen-bond acceptors (Lipinski definition) is 3. The first-order chi connectivity index (χ1) is 12.6. The molecule has 1 fully saturated rings. The van der Waals surface area contributed by atoms with Gasteiger partial charge >= 0.3 is 5.97 Å². The molecule has 0 spiro atoms. The number of carbonyl (C=O) groups is 2. The maximum atomic E-state index is 12.2. The summed E-state index contributed by atoms with van der Waals surface area (Å²) in [5.41, 5.74) is 2.57. The molecule has 1 aliphatic carbocycles. The fourth-order valence-electron chi connectivity index (χ4n) is 3.42. The lowest BCUT2D eigenvalue weighted by Gasteiger charge is -2.29. The molecule has 0 heterocycles. The van der Waals surface area contributed by atoms with E-state index in [2.05, 4.69) is 12.2 Å². The molecule has 2 atom stereocenters. The fraction of sp³-hybridized carbons (Fsp3) is 0.364. The lowest BCUT2D eigenvalue weighted by Crippen LogP contribution is -2.42. The zero-order valence-corrected chi connectivity index (χ0v) is 15.1. The SMILES string of the molecule is C[C@H]1CCCC[C@H]1NC(=O)COC(=O)c1ccc(-c2ccccc2)cc1. The van der Waals surface area contributed by atoms with Gasteiger partial charge in [-0.25, -0.2) is 4.79 Å². The van der Waals surface area contributed by atoms with Gasteiger partial charge in [0.2, 0.25) is 0 Å². The number of amides is 1. The average molecular weight is 351 g/mol. The van der Waals surface area contributed by atoms with Gasteiger partial charge in [0, 0.05) is 6.04 Å². The molecule has 1 N–H and O–H groups in total. The van der Waals surface area contributed by atoms with Crippen molar-refractivity contribution < 1.29 is 14.3 Å². The molecule has 0 bridgehead atoms. The van der Waals surface area contributed by atoms with Gasteiger partial charge in [-0.2, -0.15) is 0 Å². The molecule has 1 amide bonds. The Labute approximate surface area is 154 Å². The van der Waals surface area contributed by atoms with Crippen LogP contribution in [0.15, 0.2) is 54.6 Å². The molecule has 26 heavy (non-hydrogen) atoms. The summed E-state index contributed by atoms with van der Waals surface area (Å²) in [5.74, 6) is -0.219. The minimum atomic E-state index is -0.476. The van der Waals surface area contributed by atoms with Crippen molar-refractivity contribution in [1.82, 2.24) is 5.32 Å². The van der Waals surface area contributed by atoms with Crippen LogP contribution >= 0.6 is 0 Å². The van der Waals surface area contributed by atoms with E-state index in [4.69, 9.17) is 4.74 Å². The molecule has 0 saturated heterocycles. The molecule has 1 saturated carbocycles. The maximum absolute atomic E-state index is 12.2. The number of esters is 1. The van der Waals surface area contributed by atoms with Crippen LogP contribution in [0.3, 0.4) is 0 Å². The van der Waals surface area contributed by atoms with Crippen molar-refractivity contribution >= 4 is 11.9 Å². The highest BCUT2D eigenvalue weighted by Gasteiger charge is 2.23. The minimum Gasteiger partial charge on any atom is -0.452 e. The van der Waals surface area contributed by atoms with Crippen molar-refractivity contribution in [2.45, 2.75) is 38.6 Å². The normalized spacial score (nSPS) is 19.6. The standard InChI is InChI=1S/C22H25NO3/c1-16-7-5-6-10-20(16)23-21(24)15-26-22(25)19-13-11-18(12-14-19)17-8-3-2-4-9-17/h2-4,8-9,11-14,16,20H,5-7,10,15H2,1H3,(H,23,24)/t16-,20+/m0/s1. The molecule has 4 heteroatoms. The molecule has 1 aliphatic rings. The number of carbonyl (C=O) groups excluding carboxylic acids is 2. The average Bonchev–Trinajstić information content (AvgIpc) is 2.69. The number of nitrogens with one attached hydrogen (secondary N) is 1. The van der Waals surface area contributed by atoms with Gasteiger partial charge in [0.25, 0.3) is 5.91 Å². The van der Waals surface area contributed by atoms with E-state index in [1.807, 2.05) is 42.5 Å². The molecule has 0 unspecified atom stereocenters. The Bertz CT molecular complexity index is 740. The van der Waals surface area contributed by atoms with Gasteiger partial charge in [0.1, 0.15) is 0 Å². The Morgan fingerprint density at radius 1 is 0.962 bits per heavy atom. The second-order valence-corrected chi connectivity index (χ2v) is 6.96. The lowest BCUT2D eigenvalue weighted by atomic mass is 9.86. The van der Waals surface area contributed by atoms with E-state index in [0.717, 1.165) is 30.4 Å². The van der Waals surface area contributed by atoms with E-state index < -0.39 is 5.97 Å². The molecule has 136 valence electrons. The fourth-order valence-corrected chi connectivity index (χ4v) is 3.42. The summed E-state index contributed by atoms with van der Waals surface area (Å²) < 4.78 is 5.16. The Balaban J connectivity index is 1.51. The van der Waals surface area contributed by atoms with Gasteiger partial charge in [-0.1, -0.05) is 62.2 Å². The molecule has 0 radical (unpaired) electrons. The number of benzene rings is 2. The highest BCUT2D eigenvalue weighted by molar-refractivity contribution is 5.91. The van der Waals surface area contributed by atoms with E-state index in [-0.39, 0.29) is 18.6 Å². The quantitative estimate of drug-likeness (QED) is 0.821. The predicted molar refractivity (Wildman–Crippen MR) is 102 cm³/mol. The van der Waals surface area contributed by atoms with E-state index in [1.165, 1.54) is 6.42 Å². The van der Waals surface area contributed by atoms with Crippen molar-refractivity contribution in [3.05, 3.63) is 60.2 Å². The summed E-state index contributed by atoms with van der Waals surface area (Å²) in [7, 11) is 0. The minimum absolute atomic E-state index is 0.195. The Morgan fingerprint density at radius 3 is 2.31 bits per heavy atom. The first-order valence-corrected chi connectivity index (χ1v) is 9.25. The Kier molecular flexibility index (Phi) is 6.05. The summed E-state index contributed by atoms with van der Waals surface area (Å²) in [6.45, 7) is 1.92. The van der Waals surface area contributed by atoms with Crippen molar-refractivity contribution in [2.75, 3.05) is 6.61 Å². The summed E-state index contributed by atoms with van der Waals surface area (Å²) in [6.07, 6.45) is 4.50. The largest absolute Gasteiger partial charge is 0.452 e. The molecule has 0 aromatic heterocycles. The first kappa shape index (κ1) is 18.2. The zero-order valence-electron chi connectivity index (χ0n) is 15.1.